The Balaban J connectivity index is 1.84. The van der Waals surface area contributed by atoms with Crippen LogP contribution in [0, 0.1) is 0 Å². The van der Waals surface area contributed by atoms with E-state index >= 15 is 0 Å². The van der Waals surface area contributed by atoms with Crippen LogP contribution in [0.4, 0.5) is 0 Å². The monoisotopic (exact) mass is 234 g/mol. The van der Waals surface area contributed by atoms with Crippen LogP contribution < -0.4 is 0 Å². The van der Waals surface area contributed by atoms with E-state index in [0.29, 0.717) is 5.75 Å². The number of aromatic hydroxyl groups is 1. The predicted molar refractivity (Wildman–Crippen MR) is 76.2 cm³/mol. The molecule has 1 N–H and O–H groups in total. The molecule has 2 aromatic rings. The number of phenolic OH excluding ortho intramolecular Hbond substituents is 1. The van der Waals surface area contributed by atoms with Crippen molar-refractivity contribution in [2.45, 2.75) is 6.42 Å². The molecule has 1 heteroatoms. The lowest BCUT2D eigenvalue weighted by molar-refractivity contribution is 0.475. The fourth-order valence-corrected chi connectivity index (χ4v) is 2.15. The van der Waals surface area contributed by atoms with E-state index in [9.17, 15) is 5.11 Å². The first-order valence-corrected chi connectivity index (χ1v) is 6.08. The molecule has 0 saturated carbocycles. The molecule has 0 bridgehead atoms. The third-order valence-corrected chi connectivity index (χ3v) is 3.17. The first kappa shape index (κ1) is 10.8. The molecule has 0 unspecified atom stereocenters. The van der Waals surface area contributed by atoms with E-state index in [4.69, 9.17) is 0 Å². The van der Waals surface area contributed by atoms with E-state index in [1.54, 1.807) is 12.1 Å². The highest BCUT2D eigenvalue weighted by Crippen LogP contribution is 2.21. The number of fused-ring (bicyclic) bond motifs is 1. The van der Waals surface area contributed by atoms with E-state index < -0.39 is 0 Å². The highest BCUT2D eigenvalue weighted by Gasteiger charge is 2.03. The van der Waals surface area contributed by atoms with Crippen molar-refractivity contribution in [1.29, 1.82) is 0 Å². The molecule has 2 aromatic carbocycles. The second-order valence-electron chi connectivity index (χ2n) is 4.49. The van der Waals surface area contributed by atoms with Gasteiger partial charge in [0.15, 0.2) is 0 Å². The van der Waals surface area contributed by atoms with Gasteiger partial charge in [-0.2, -0.15) is 0 Å². The Morgan fingerprint density at radius 1 is 0.889 bits per heavy atom. The highest BCUT2D eigenvalue weighted by atomic mass is 16.3. The average molecular weight is 234 g/mol. The van der Waals surface area contributed by atoms with Gasteiger partial charge in [-0.15, -0.1) is 0 Å². The Morgan fingerprint density at radius 2 is 1.61 bits per heavy atom. The molecule has 3 rings (SSSR count). The standard InChI is InChI=1S/C17H14O/c18-17-10-7-13(8-11-17)4-5-14-6-9-15-2-1-3-16(15)12-14/h1,3-12,18H,2H2. The van der Waals surface area contributed by atoms with Crippen LogP contribution in [0.5, 0.6) is 5.75 Å². The van der Waals surface area contributed by atoms with Crippen LogP contribution >= 0.6 is 0 Å². The minimum Gasteiger partial charge on any atom is -0.508 e. The summed E-state index contributed by atoms with van der Waals surface area (Å²) in [5.74, 6) is 0.301. The highest BCUT2D eigenvalue weighted by molar-refractivity contribution is 5.72. The topological polar surface area (TPSA) is 20.2 Å². The van der Waals surface area contributed by atoms with Crippen molar-refractivity contribution >= 4 is 18.2 Å². The second kappa shape index (κ2) is 4.53. The van der Waals surface area contributed by atoms with E-state index in [-0.39, 0.29) is 0 Å². The molecule has 1 aliphatic carbocycles. The number of benzene rings is 2. The van der Waals surface area contributed by atoms with Gasteiger partial charge in [-0.1, -0.05) is 48.6 Å². The van der Waals surface area contributed by atoms with Crippen LogP contribution in [-0.2, 0) is 6.42 Å². The quantitative estimate of drug-likeness (QED) is 0.774. The Bertz CT molecular complexity index is 619. The molecule has 0 heterocycles. The molecule has 0 aromatic heterocycles. The molecular weight excluding hydrogens is 220 g/mol. The lowest BCUT2D eigenvalue weighted by Gasteiger charge is -2.00. The summed E-state index contributed by atoms with van der Waals surface area (Å²) in [4.78, 5) is 0. The lowest BCUT2D eigenvalue weighted by atomic mass is 10.1. The number of hydrogen-bond acceptors (Lipinski definition) is 1. The van der Waals surface area contributed by atoms with Gasteiger partial charge in [-0.25, -0.2) is 0 Å². The van der Waals surface area contributed by atoms with Crippen molar-refractivity contribution in [3.8, 4) is 5.75 Å². The third-order valence-electron chi connectivity index (χ3n) is 3.17. The normalized spacial score (nSPS) is 13.1. The molecule has 1 nitrogen and oxygen atoms in total. The van der Waals surface area contributed by atoms with Crippen LogP contribution in [0.3, 0.4) is 0 Å². The minimum atomic E-state index is 0.301. The van der Waals surface area contributed by atoms with Gasteiger partial charge in [0.05, 0.1) is 0 Å². The summed E-state index contributed by atoms with van der Waals surface area (Å²) in [5.41, 5.74) is 5.01. The average Bonchev–Trinajstić information content (AvgIpc) is 2.85. The zero-order valence-electron chi connectivity index (χ0n) is 10.0. The predicted octanol–water partition coefficient (Wildman–Crippen LogP) is 4.13. The first-order chi connectivity index (χ1) is 8.81. The number of hydrogen-bond donors (Lipinski definition) is 1. The molecule has 0 atom stereocenters. The molecule has 1 aliphatic rings. The Labute approximate surface area is 107 Å². The third kappa shape index (κ3) is 2.21. The molecule has 0 amide bonds. The smallest absolute Gasteiger partial charge is 0.115 e. The molecule has 18 heavy (non-hydrogen) atoms. The molecule has 0 spiro atoms. The van der Waals surface area contributed by atoms with Crippen LogP contribution in [-0.4, -0.2) is 5.11 Å². The Morgan fingerprint density at radius 3 is 2.44 bits per heavy atom. The van der Waals surface area contributed by atoms with Gasteiger partial charge in [-0.05, 0) is 46.9 Å². The molecular formula is C17H14O. The SMILES string of the molecule is Oc1ccc(C=Cc2ccc3c(c2)C=CC3)cc1. The van der Waals surface area contributed by atoms with E-state index in [2.05, 4.69) is 42.5 Å². The summed E-state index contributed by atoms with van der Waals surface area (Å²) < 4.78 is 0. The molecule has 88 valence electrons. The van der Waals surface area contributed by atoms with Crippen LogP contribution in [0.2, 0.25) is 0 Å². The molecule has 0 fully saturated rings. The molecule has 0 radical (unpaired) electrons. The van der Waals surface area contributed by atoms with Crippen molar-refractivity contribution in [1.82, 2.24) is 0 Å². The van der Waals surface area contributed by atoms with Crippen molar-refractivity contribution in [2.75, 3.05) is 0 Å². The molecule has 0 aliphatic heterocycles. The summed E-state index contributed by atoms with van der Waals surface area (Å²) in [5, 5.41) is 9.22. The van der Waals surface area contributed by atoms with E-state index in [1.165, 1.54) is 16.7 Å². The fourth-order valence-electron chi connectivity index (χ4n) is 2.15. The summed E-state index contributed by atoms with van der Waals surface area (Å²) in [6.07, 6.45) is 9.57. The van der Waals surface area contributed by atoms with Gasteiger partial charge in [0.1, 0.15) is 5.75 Å². The number of allylic oxidation sites excluding steroid dienone is 1. The summed E-state index contributed by atoms with van der Waals surface area (Å²) in [7, 11) is 0. The largest absolute Gasteiger partial charge is 0.508 e. The Kier molecular flexibility index (Phi) is 2.73. The van der Waals surface area contributed by atoms with Crippen molar-refractivity contribution in [2.24, 2.45) is 0 Å². The second-order valence-corrected chi connectivity index (χ2v) is 4.49. The molecule has 0 saturated heterocycles. The summed E-state index contributed by atoms with van der Waals surface area (Å²) in [6.45, 7) is 0. The van der Waals surface area contributed by atoms with Gasteiger partial charge in [0.25, 0.3) is 0 Å². The van der Waals surface area contributed by atoms with E-state index in [0.717, 1.165) is 12.0 Å². The van der Waals surface area contributed by atoms with Crippen molar-refractivity contribution in [3.05, 3.63) is 70.8 Å². The van der Waals surface area contributed by atoms with Crippen molar-refractivity contribution in [3.63, 3.8) is 0 Å². The zero-order chi connectivity index (χ0) is 12.4. The number of phenols is 1. The van der Waals surface area contributed by atoms with Gasteiger partial charge in [0, 0.05) is 0 Å². The van der Waals surface area contributed by atoms with Crippen LogP contribution in [0.1, 0.15) is 22.3 Å². The van der Waals surface area contributed by atoms with Gasteiger partial charge < -0.3 is 5.11 Å². The first-order valence-electron chi connectivity index (χ1n) is 6.08. The van der Waals surface area contributed by atoms with Gasteiger partial charge >= 0.3 is 0 Å². The maximum Gasteiger partial charge on any atom is 0.115 e. The lowest BCUT2D eigenvalue weighted by Crippen LogP contribution is -1.82. The summed E-state index contributed by atoms with van der Waals surface area (Å²) >= 11 is 0. The Hall–Kier alpha value is -2.28. The maximum absolute atomic E-state index is 9.22. The minimum absolute atomic E-state index is 0.301. The number of rotatable bonds is 2. The maximum atomic E-state index is 9.22. The van der Waals surface area contributed by atoms with Gasteiger partial charge in [-0.3, -0.25) is 0 Å². The van der Waals surface area contributed by atoms with Crippen LogP contribution in [0.25, 0.3) is 18.2 Å². The van der Waals surface area contributed by atoms with Gasteiger partial charge in [0.2, 0.25) is 0 Å². The van der Waals surface area contributed by atoms with E-state index in [1.807, 2.05) is 12.1 Å². The summed E-state index contributed by atoms with van der Waals surface area (Å²) in [6, 6.07) is 13.7. The van der Waals surface area contributed by atoms with Crippen molar-refractivity contribution < 1.29 is 5.11 Å². The zero-order valence-corrected chi connectivity index (χ0v) is 10.0. The fraction of sp³-hybridized carbons (Fsp3) is 0.0588. The van der Waals surface area contributed by atoms with Crippen LogP contribution in [0.15, 0.2) is 48.5 Å².